The highest BCUT2D eigenvalue weighted by atomic mass is 16.6. The van der Waals surface area contributed by atoms with Gasteiger partial charge in [0.05, 0.1) is 112 Å². The lowest BCUT2D eigenvalue weighted by Crippen LogP contribution is -2.15. The number of nitrogens with one attached hydrogen (secondary N) is 1. The summed E-state index contributed by atoms with van der Waals surface area (Å²) < 4.78 is 55.5. The summed E-state index contributed by atoms with van der Waals surface area (Å²) in [7, 11) is 0. The van der Waals surface area contributed by atoms with Crippen LogP contribution in [0.15, 0.2) is 24.3 Å². The van der Waals surface area contributed by atoms with Crippen molar-refractivity contribution in [2.75, 3.05) is 131 Å². The van der Waals surface area contributed by atoms with E-state index < -0.39 is 0 Å². The third-order valence-corrected chi connectivity index (χ3v) is 8.79. The molecule has 1 aromatic carbocycles. The average Bonchev–Trinajstić information content (AvgIpc) is 3.20. The van der Waals surface area contributed by atoms with Gasteiger partial charge in [0.25, 0.3) is 0 Å². The van der Waals surface area contributed by atoms with Crippen LogP contribution in [-0.2, 0) is 47.4 Å². The lowest BCUT2D eigenvalue weighted by atomic mass is 10.0. The first-order valence-corrected chi connectivity index (χ1v) is 21.9. The highest BCUT2D eigenvalue weighted by Gasteiger charge is 2.00. The molecule has 0 aliphatic heterocycles. The van der Waals surface area contributed by atoms with Crippen molar-refractivity contribution in [3.63, 3.8) is 0 Å². The van der Waals surface area contributed by atoms with Crippen molar-refractivity contribution < 1.29 is 52.2 Å². The Morgan fingerprint density at radius 2 is 0.643 bits per heavy atom. The number of amides is 1. The van der Waals surface area contributed by atoms with Crippen LogP contribution in [0.25, 0.3) is 0 Å². The van der Waals surface area contributed by atoms with Crippen molar-refractivity contribution in [1.29, 1.82) is 0 Å². The van der Waals surface area contributed by atoms with E-state index in [1.807, 2.05) is 0 Å². The zero-order valence-electron chi connectivity index (χ0n) is 35.5. The molecule has 328 valence electrons. The molecule has 0 aliphatic rings. The number of carbonyl (C=O) groups is 1. The Morgan fingerprint density at radius 1 is 0.375 bits per heavy atom. The van der Waals surface area contributed by atoms with E-state index in [2.05, 4.69) is 12.2 Å². The van der Waals surface area contributed by atoms with Gasteiger partial charge >= 0.3 is 0 Å². The number of rotatable bonds is 46. The highest BCUT2D eigenvalue weighted by Crippen LogP contribution is 2.16. The third kappa shape index (κ3) is 40.3. The van der Waals surface area contributed by atoms with E-state index in [1.165, 1.54) is 103 Å². The lowest BCUT2D eigenvalue weighted by Gasteiger charge is -2.09. The van der Waals surface area contributed by atoms with Gasteiger partial charge in [-0.15, -0.1) is 0 Å². The van der Waals surface area contributed by atoms with E-state index in [0.29, 0.717) is 119 Å². The lowest BCUT2D eigenvalue weighted by molar-refractivity contribution is -0.114. The minimum Gasteiger partial charge on any atom is -0.491 e. The van der Waals surface area contributed by atoms with Gasteiger partial charge in [0.15, 0.2) is 0 Å². The Hall–Kier alpha value is -1.87. The van der Waals surface area contributed by atoms with Crippen molar-refractivity contribution in [1.82, 2.24) is 0 Å². The summed E-state index contributed by atoms with van der Waals surface area (Å²) in [6.07, 6.45) is 22.2. The Kier molecular flexibility index (Phi) is 41.2. The summed E-state index contributed by atoms with van der Waals surface area (Å²) in [5.74, 6) is 0.618. The van der Waals surface area contributed by atoms with Crippen LogP contribution in [0.2, 0.25) is 0 Å². The van der Waals surface area contributed by atoms with Gasteiger partial charge in [-0.2, -0.15) is 0 Å². The summed E-state index contributed by atoms with van der Waals surface area (Å²) in [4.78, 5) is 11.1. The van der Waals surface area contributed by atoms with Gasteiger partial charge in [-0.1, -0.05) is 103 Å². The summed E-state index contributed by atoms with van der Waals surface area (Å²) >= 11 is 0. The van der Waals surface area contributed by atoms with Crippen LogP contribution in [-0.4, -0.2) is 131 Å². The molecular formula is C44H81NO11. The van der Waals surface area contributed by atoms with Crippen LogP contribution >= 0.6 is 0 Å². The fourth-order valence-electron chi connectivity index (χ4n) is 5.67. The molecule has 0 radical (unpaired) electrons. The van der Waals surface area contributed by atoms with Crippen LogP contribution in [0.3, 0.4) is 0 Å². The smallest absolute Gasteiger partial charge is 0.221 e. The molecule has 0 atom stereocenters. The average molecular weight is 800 g/mol. The molecule has 0 bridgehead atoms. The SMILES string of the molecule is CCCCCCCCCCCCCCCCCCOCCOCCOCCOCCOCCOCCOCCOCCOCCOc1ccc(NC(C)=O)cc1. The van der Waals surface area contributed by atoms with E-state index in [0.717, 1.165) is 24.5 Å². The second-order valence-electron chi connectivity index (χ2n) is 13.9. The maximum atomic E-state index is 11.1. The largest absolute Gasteiger partial charge is 0.491 e. The molecule has 0 fully saturated rings. The molecule has 0 aliphatic carbocycles. The number of unbranched alkanes of at least 4 members (excludes halogenated alkanes) is 15. The number of anilines is 1. The molecule has 1 N–H and O–H groups in total. The molecule has 0 saturated heterocycles. The van der Waals surface area contributed by atoms with Crippen molar-refractivity contribution in [2.45, 2.75) is 117 Å². The second kappa shape index (κ2) is 44.2. The first-order chi connectivity index (χ1) is 27.7. The van der Waals surface area contributed by atoms with Gasteiger partial charge < -0.3 is 52.7 Å². The molecule has 1 aromatic rings. The van der Waals surface area contributed by atoms with Gasteiger partial charge in [0.2, 0.25) is 5.91 Å². The summed E-state index contributed by atoms with van der Waals surface area (Å²) in [6, 6.07) is 7.20. The standard InChI is InChI=1S/C44H81NO11/c1-3-4-5-6-7-8-9-10-11-12-13-14-15-16-17-18-23-47-24-25-48-26-27-49-28-29-50-30-31-51-32-33-52-34-35-53-36-37-54-38-39-55-40-41-56-44-21-19-43(20-22-44)45-42(2)46/h19-22H,3-18,23-41H2,1-2H3,(H,45,46). The second-order valence-corrected chi connectivity index (χ2v) is 13.9. The molecule has 12 nitrogen and oxygen atoms in total. The maximum absolute atomic E-state index is 11.1. The van der Waals surface area contributed by atoms with Crippen LogP contribution in [0.4, 0.5) is 5.69 Å². The topological polar surface area (TPSA) is 121 Å². The van der Waals surface area contributed by atoms with Crippen molar-refractivity contribution in [3.8, 4) is 5.75 Å². The molecule has 1 rings (SSSR count). The number of benzene rings is 1. The van der Waals surface area contributed by atoms with Gasteiger partial charge in [0.1, 0.15) is 12.4 Å². The number of carbonyl (C=O) groups excluding carboxylic acids is 1. The molecular weight excluding hydrogens is 718 g/mol. The van der Waals surface area contributed by atoms with Gasteiger partial charge in [-0.25, -0.2) is 0 Å². The molecule has 0 heterocycles. The molecule has 1 amide bonds. The Bertz CT molecular complexity index is 925. The Morgan fingerprint density at radius 3 is 0.946 bits per heavy atom. The van der Waals surface area contributed by atoms with Gasteiger partial charge in [-0.05, 0) is 30.7 Å². The van der Waals surface area contributed by atoms with E-state index in [-0.39, 0.29) is 5.91 Å². The molecule has 0 saturated carbocycles. The molecule has 12 heteroatoms. The third-order valence-electron chi connectivity index (χ3n) is 8.79. The van der Waals surface area contributed by atoms with Gasteiger partial charge in [0, 0.05) is 19.2 Å². The fourth-order valence-corrected chi connectivity index (χ4v) is 5.67. The highest BCUT2D eigenvalue weighted by molar-refractivity contribution is 5.88. The van der Waals surface area contributed by atoms with Crippen LogP contribution in [0, 0.1) is 0 Å². The Labute approximate surface area is 340 Å². The zero-order chi connectivity index (χ0) is 40.1. The molecule has 0 spiro atoms. The number of hydrogen-bond acceptors (Lipinski definition) is 11. The predicted molar refractivity (Wildman–Crippen MR) is 223 cm³/mol. The van der Waals surface area contributed by atoms with Crippen molar-refractivity contribution >= 4 is 11.6 Å². The fraction of sp³-hybridized carbons (Fsp3) is 0.841. The van der Waals surface area contributed by atoms with Crippen molar-refractivity contribution in [2.24, 2.45) is 0 Å². The van der Waals surface area contributed by atoms with Crippen LogP contribution in [0.5, 0.6) is 5.75 Å². The minimum atomic E-state index is -0.104. The monoisotopic (exact) mass is 800 g/mol. The molecule has 0 aromatic heterocycles. The summed E-state index contributed by atoms with van der Waals surface area (Å²) in [6.45, 7) is 14.0. The first kappa shape index (κ1) is 52.1. The summed E-state index contributed by atoms with van der Waals surface area (Å²) in [5.41, 5.74) is 0.736. The van der Waals surface area contributed by atoms with E-state index in [1.54, 1.807) is 24.3 Å². The van der Waals surface area contributed by atoms with E-state index in [9.17, 15) is 4.79 Å². The molecule has 56 heavy (non-hydrogen) atoms. The Balaban J connectivity index is 1.63. The van der Waals surface area contributed by atoms with Crippen LogP contribution < -0.4 is 10.1 Å². The van der Waals surface area contributed by atoms with Gasteiger partial charge in [-0.3, -0.25) is 4.79 Å². The predicted octanol–water partition coefficient (Wildman–Crippen LogP) is 8.43. The zero-order valence-corrected chi connectivity index (χ0v) is 35.5. The first-order valence-electron chi connectivity index (χ1n) is 21.9. The number of hydrogen-bond donors (Lipinski definition) is 1. The maximum Gasteiger partial charge on any atom is 0.221 e. The number of ether oxygens (including phenoxy) is 10. The minimum absolute atomic E-state index is 0.104. The van der Waals surface area contributed by atoms with E-state index >= 15 is 0 Å². The normalized spacial score (nSPS) is 11.4. The van der Waals surface area contributed by atoms with Crippen LogP contribution in [0.1, 0.15) is 117 Å². The van der Waals surface area contributed by atoms with Crippen molar-refractivity contribution in [3.05, 3.63) is 24.3 Å². The summed E-state index contributed by atoms with van der Waals surface area (Å²) in [5, 5.41) is 2.72. The quantitative estimate of drug-likeness (QED) is 0.0640. The molecule has 0 unspecified atom stereocenters. The van der Waals surface area contributed by atoms with E-state index in [4.69, 9.17) is 47.4 Å².